The molecule has 0 saturated carbocycles. The summed E-state index contributed by atoms with van der Waals surface area (Å²) in [5.41, 5.74) is 1.17. The summed E-state index contributed by atoms with van der Waals surface area (Å²) in [5, 5.41) is 10.8. The summed E-state index contributed by atoms with van der Waals surface area (Å²) < 4.78 is 5.51. The monoisotopic (exact) mass is 262 g/mol. The van der Waals surface area contributed by atoms with E-state index in [1.165, 1.54) is 5.56 Å². The molecular formula is C17H26O2. The van der Waals surface area contributed by atoms with Crippen molar-refractivity contribution in [2.24, 2.45) is 5.92 Å². The molecule has 0 aliphatic carbocycles. The van der Waals surface area contributed by atoms with Gasteiger partial charge in [0.05, 0.1) is 6.10 Å². The van der Waals surface area contributed by atoms with Crippen molar-refractivity contribution in [3.63, 3.8) is 0 Å². The van der Waals surface area contributed by atoms with E-state index in [1.54, 1.807) is 0 Å². The Kier molecular flexibility index (Phi) is 5.00. The van der Waals surface area contributed by atoms with Gasteiger partial charge in [0.25, 0.3) is 0 Å². The van der Waals surface area contributed by atoms with Crippen LogP contribution in [0.3, 0.4) is 0 Å². The molecule has 1 unspecified atom stereocenters. The van der Waals surface area contributed by atoms with Gasteiger partial charge in [-0.05, 0) is 37.2 Å². The number of hydrogen-bond donors (Lipinski definition) is 1. The normalized spacial score (nSPS) is 20.4. The highest BCUT2D eigenvalue weighted by Gasteiger charge is 2.40. The summed E-state index contributed by atoms with van der Waals surface area (Å²) >= 11 is 0. The Balaban J connectivity index is 2.19. The van der Waals surface area contributed by atoms with E-state index in [4.69, 9.17) is 4.74 Å². The molecule has 2 rings (SSSR count). The van der Waals surface area contributed by atoms with Gasteiger partial charge in [-0.1, -0.05) is 44.2 Å². The van der Waals surface area contributed by atoms with Crippen LogP contribution in [-0.2, 0) is 10.2 Å². The van der Waals surface area contributed by atoms with Crippen LogP contribution in [0.15, 0.2) is 30.3 Å². The summed E-state index contributed by atoms with van der Waals surface area (Å²) in [6.45, 7) is 5.94. The second-order valence-electron chi connectivity index (χ2n) is 6.12. The van der Waals surface area contributed by atoms with Crippen molar-refractivity contribution < 1.29 is 9.84 Å². The number of benzene rings is 1. The average molecular weight is 262 g/mol. The largest absolute Gasteiger partial charge is 0.392 e. The van der Waals surface area contributed by atoms with Crippen LogP contribution in [0.2, 0.25) is 0 Å². The predicted molar refractivity (Wildman–Crippen MR) is 78.3 cm³/mol. The first kappa shape index (κ1) is 14.5. The van der Waals surface area contributed by atoms with E-state index in [0.29, 0.717) is 5.92 Å². The first-order chi connectivity index (χ1) is 9.15. The molecule has 1 saturated heterocycles. The minimum absolute atomic E-state index is 0.103. The highest BCUT2D eigenvalue weighted by atomic mass is 16.5. The van der Waals surface area contributed by atoms with Crippen LogP contribution in [0.25, 0.3) is 0 Å². The fraction of sp³-hybridized carbons (Fsp3) is 0.647. The van der Waals surface area contributed by atoms with Gasteiger partial charge in [0.15, 0.2) is 0 Å². The highest BCUT2D eigenvalue weighted by Crippen LogP contribution is 2.39. The molecular weight excluding hydrogens is 236 g/mol. The van der Waals surface area contributed by atoms with Crippen molar-refractivity contribution in [3.8, 4) is 0 Å². The van der Waals surface area contributed by atoms with Gasteiger partial charge in [0.1, 0.15) is 0 Å². The minimum Gasteiger partial charge on any atom is -0.392 e. The summed E-state index contributed by atoms with van der Waals surface area (Å²) in [4.78, 5) is 0. The Bertz CT molecular complexity index is 366. The lowest BCUT2D eigenvalue weighted by molar-refractivity contribution is -0.0206. The number of aliphatic hydroxyl groups excluding tert-OH is 1. The van der Waals surface area contributed by atoms with Crippen LogP contribution in [0.1, 0.15) is 45.1 Å². The van der Waals surface area contributed by atoms with Crippen molar-refractivity contribution in [2.75, 3.05) is 13.2 Å². The summed E-state index contributed by atoms with van der Waals surface area (Å²) in [5.74, 6) is 0.641. The van der Waals surface area contributed by atoms with Gasteiger partial charge in [0, 0.05) is 18.6 Å². The minimum atomic E-state index is -0.263. The van der Waals surface area contributed by atoms with Crippen molar-refractivity contribution in [1.29, 1.82) is 0 Å². The predicted octanol–water partition coefficient (Wildman–Crippen LogP) is 3.53. The lowest BCUT2D eigenvalue weighted by Crippen LogP contribution is -2.44. The van der Waals surface area contributed by atoms with Gasteiger partial charge in [-0.15, -0.1) is 0 Å². The molecule has 1 atom stereocenters. The molecule has 106 valence electrons. The van der Waals surface area contributed by atoms with Gasteiger partial charge in [-0.2, -0.15) is 0 Å². The lowest BCUT2D eigenvalue weighted by atomic mass is 9.68. The Hall–Kier alpha value is -0.860. The fourth-order valence-corrected chi connectivity index (χ4v) is 3.09. The Morgan fingerprint density at radius 2 is 1.74 bits per heavy atom. The van der Waals surface area contributed by atoms with Gasteiger partial charge in [-0.3, -0.25) is 0 Å². The molecule has 1 heterocycles. The molecule has 0 amide bonds. The standard InChI is InChI=1S/C17H26O2/c1-14(2)8-9-16(18)17(10-12-19-13-11-17)15-6-4-3-5-7-15/h3-7,14,16,18H,8-13H2,1-2H3. The van der Waals surface area contributed by atoms with Gasteiger partial charge in [-0.25, -0.2) is 0 Å². The summed E-state index contributed by atoms with van der Waals surface area (Å²) in [6, 6.07) is 10.5. The first-order valence-corrected chi connectivity index (χ1v) is 7.46. The molecule has 1 N–H and O–H groups in total. The van der Waals surface area contributed by atoms with E-state index < -0.39 is 0 Å². The van der Waals surface area contributed by atoms with Crippen LogP contribution in [-0.4, -0.2) is 24.4 Å². The van der Waals surface area contributed by atoms with Gasteiger partial charge >= 0.3 is 0 Å². The maximum atomic E-state index is 10.8. The van der Waals surface area contributed by atoms with Crippen molar-refractivity contribution >= 4 is 0 Å². The second kappa shape index (κ2) is 6.53. The zero-order chi connectivity index (χ0) is 13.7. The average Bonchev–Trinajstić information content (AvgIpc) is 2.46. The molecule has 0 aromatic heterocycles. The Morgan fingerprint density at radius 1 is 1.11 bits per heavy atom. The third kappa shape index (κ3) is 3.37. The van der Waals surface area contributed by atoms with Gasteiger partial charge in [0.2, 0.25) is 0 Å². The van der Waals surface area contributed by atoms with E-state index >= 15 is 0 Å². The molecule has 0 bridgehead atoms. The summed E-state index contributed by atoms with van der Waals surface area (Å²) in [7, 11) is 0. The van der Waals surface area contributed by atoms with Crippen LogP contribution in [0.5, 0.6) is 0 Å². The molecule has 19 heavy (non-hydrogen) atoms. The Morgan fingerprint density at radius 3 is 2.32 bits per heavy atom. The topological polar surface area (TPSA) is 29.5 Å². The van der Waals surface area contributed by atoms with Crippen LogP contribution in [0.4, 0.5) is 0 Å². The Labute approximate surface area is 116 Å². The van der Waals surface area contributed by atoms with Crippen LogP contribution in [0, 0.1) is 5.92 Å². The van der Waals surface area contributed by atoms with E-state index in [0.717, 1.165) is 38.9 Å². The van der Waals surface area contributed by atoms with Crippen molar-refractivity contribution in [2.45, 2.75) is 51.0 Å². The SMILES string of the molecule is CC(C)CCC(O)C1(c2ccccc2)CCOCC1. The quantitative estimate of drug-likeness (QED) is 0.879. The third-order valence-corrected chi connectivity index (χ3v) is 4.39. The molecule has 1 aliphatic rings. The molecule has 2 heteroatoms. The van der Waals surface area contributed by atoms with E-state index in [9.17, 15) is 5.11 Å². The molecule has 2 nitrogen and oxygen atoms in total. The molecule has 1 fully saturated rings. The van der Waals surface area contributed by atoms with Gasteiger partial charge < -0.3 is 9.84 Å². The van der Waals surface area contributed by atoms with E-state index in [1.807, 2.05) is 6.07 Å². The number of aliphatic hydroxyl groups is 1. The van der Waals surface area contributed by atoms with E-state index in [2.05, 4.69) is 38.1 Å². The maximum absolute atomic E-state index is 10.8. The summed E-state index contributed by atoms with van der Waals surface area (Å²) in [6.07, 6.45) is 3.55. The smallest absolute Gasteiger partial charge is 0.0638 e. The molecule has 0 radical (unpaired) electrons. The number of hydrogen-bond acceptors (Lipinski definition) is 2. The molecule has 1 aromatic rings. The first-order valence-electron chi connectivity index (χ1n) is 7.46. The third-order valence-electron chi connectivity index (χ3n) is 4.39. The van der Waals surface area contributed by atoms with Crippen LogP contribution < -0.4 is 0 Å². The van der Waals surface area contributed by atoms with E-state index in [-0.39, 0.29) is 11.5 Å². The molecule has 1 aliphatic heterocycles. The maximum Gasteiger partial charge on any atom is 0.0638 e. The zero-order valence-corrected chi connectivity index (χ0v) is 12.1. The van der Waals surface area contributed by atoms with Crippen molar-refractivity contribution in [3.05, 3.63) is 35.9 Å². The second-order valence-corrected chi connectivity index (χ2v) is 6.12. The number of rotatable bonds is 5. The number of ether oxygens (including phenoxy) is 1. The van der Waals surface area contributed by atoms with Crippen LogP contribution >= 0.6 is 0 Å². The molecule has 1 aromatic carbocycles. The highest BCUT2D eigenvalue weighted by molar-refractivity contribution is 5.27. The fourth-order valence-electron chi connectivity index (χ4n) is 3.09. The zero-order valence-electron chi connectivity index (χ0n) is 12.1. The lowest BCUT2D eigenvalue weighted by Gasteiger charge is -2.42. The molecule has 0 spiro atoms. The van der Waals surface area contributed by atoms with Crippen molar-refractivity contribution in [1.82, 2.24) is 0 Å².